The highest BCUT2D eigenvalue weighted by Gasteiger charge is 2.29. The number of carbonyl (C=O) groups excluding carboxylic acids is 1. The van der Waals surface area contributed by atoms with E-state index in [1.165, 1.54) is 24.3 Å². The van der Waals surface area contributed by atoms with E-state index in [0.29, 0.717) is 11.5 Å². The SMILES string of the molecule is CC1CNCCC1NC(=O)c1ccc(SC(F)(F)F)cc1.Cl. The molecule has 1 fully saturated rings. The molecule has 1 aromatic carbocycles. The van der Waals surface area contributed by atoms with Gasteiger partial charge in [-0.1, -0.05) is 6.92 Å². The average Bonchev–Trinajstić information content (AvgIpc) is 2.40. The molecule has 0 bridgehead atoms. The van der Waals surface area contributed by atoms with E-state index >= 15 is 0 Å². The molecule has 8 heteroatoms. The summed E-state index contributed by atoms with van der Waals surface area (Å²) in [6.07, 6.45) is 0.856. The fourth-order valence-electron chi connectivity index (χ4n) is 2.29. The number of carbonyl (C=O) groups is 1. The molecule has 0 aliphatic carbocycles. The fourth-order valence-corrected chi connectivity index (χ4v) is 2.83. The molecule has 2 N–H and O–H groups in total. The molecule has 2 atom stereocenters. The molecule has 1 aliphatic rings. The predicted molar refractivity (Wildman–Crippen MR) is 83.5 cm³/mol. The van der Waals surface area contributed by atoms with Crippen LogP contribution in [0.3, 0.4) is 0 Å². The van der Waals surface area contributed by atoms with Crippen molar-refractivity contribution in [2.24, 2.45) is 5.92 Å². The molecule has 124 valence electrons. The predicted octanol–water partition coefficient (Wildman–Crippen LogP) is 3.45. The van der Waals surface area contributed by atoms with E-state index in [0.717, 1.165) is 19.5 Å². The lowest BCUT2D eigenvalue weighted by Crippen LogP contribution is -2.48. The summed E-state index contributed by atoms with van der Waals surface area (Å²) in [4.78, 5) is 12.2. The van der Waals surface area contributed by atoms with Crippen molar-refractivity contribution in [1.82, 2.24) is 10.6 Å². The monoisotopic (exact) mass is 354 g/mol. The summed E-state index contributed by atoms with van der Waals surface area (Å²) >= 11 is -0.183. The quantitative estimate of drug-likeness (QED) is 0.817. The molecule has 0 aromatic heterocycles. The zero-order chi connectivity index (χ0) is 15.5. The third-order valence-electron chi connectivity index (χ3n) is 3.45. The molecule has 0 saturated carbocycles. The van der Waals surface area contributed by atoms with Gasteiger partial charge in [-0.25, -0.2) is 0 Å². The lowest BCUT2D eigenvalue weighted by atomic mass is 9.95. The van der Waals surface area contributed by atoms with Gasteiger partial charge in [0.05, 0.1) is 0 Å². The van der Waals surface area contributed by atoms with E-state index in [2.05, 4.69) is 17.6 Å². The molecule has 1 aromatic rings. The summed E-state index contributed by atoms with van der Waals surface area (Å²) in [5, 5.41) is 6.19. The number of piperidine rings is 1. The number of rotatable bonds is 3. The van der Waals surface area contributed by atoms with Crippen molar-refractivity contribution < 1.29 is 18.0 Å². The van der Waals surface area contributed by atoms with Crippen LogP contribution in [0.15, 0.2) is 29.2 Å². The van der Waals surface area contributed by atoms with Crippen LogP contribution in [-0.2, 0) is 0 Å². The van der Waals surface area contributed by atoms with Crippen molar-refractivity contribution in [2.75, 3.05) is 13.1 Å². The van der Waals surface area contributed by atoms with Gasteiger partial charge < -0.3 is 10.6 Å². The third-order valence-corrected chi connectivity index (χ3v) is 4.19. The summed E-state index contributed by atoms with van der Waals surface area (Å²) in [6.45, 7) is 3.77. The average molecular weight is 355 g/mol. The van der Waals surface area contributed by atoms with Crippen molar-refractivity contribution in [3.05, 3.63) is 29.8 Å². The van der Waals surface area contributed by atoms with Crippen molar-refractivity contribution in [2.45, 2.75) is 29.8 Å². The van der Waals surface area contributed by atoms with Crippen LogP contribution in [0, 0.1) is 5.92 Å². The van der Waals surface area contributed by atoms with Gasteiger partial charge in [0, 0.05) is 16.5 Å². The van der Waals surface area contributed by atoms with Gasteiger partial charge in [0.25, 0.3) is 5.91 Å². The molecule has 1 heterocycles. The van der Waals surface area contributed by atoms with E-state index in [-0.39, 0.29) is 41.0 Å². The largest absolute Gasteiger partial charge is 0.446 e. The lowest BCUT2D eigenvalue weighted by Gasteiger charge is -2.30. The van der Waals surface area contributed by atoms with Gasteiger partial charge in [-0.05, 0) is 61.5 Å². The first kappa shape index (κ1) is 19.1. The molecule has 0 spiro atoms. The summed E-state index contributed by atoms with van der Waals surface area (Å²) in [7, 11) is 0. The van der Waals surface area contributed by atoms with Crippen molar-refractivity contribution in [1.29, 1.82) is 0 Å². The van der Waals surface area contributed by atoms with Gasteiger partial charge in [-0.3, -0.25) is 4.79 Å². The second-order valence-electron chi connectivity index (χ2n) is 5.12. The Morgan fingerprint density at radius 2 is 1.95 bits per heavy atom. The molecular weight excluding hydrogens is 337 g/mol. The van der Waals surface area contributed by atoms with Crippen LogP contribution < -0.4 is 10.6 Å². The number of thioether (sulfide) groups is 1. The first-order chi connectivity index (χ1) is 9.85. The smallest absolute Gasteiger partial charge is 0.349 e. The number of halogens is 4. The van der Waals surface area contributed by atoms with Gasteiger partial charge in [0.1, 0.15) is 0 Å². The Balaban J connectivity index is 0.00000242. The number of amides is 1. The van der Waals surface area contributed by atoms with Gasteiger partial charge in [-0.15, -0.1) is 12.4 Å². The Kier molecular flexibility index (Phi) is 7.02. The van der Waals surface area contributed by atoms with E-state index < -0.39 is 5.51 Å². The zero-order valence-corrected chi connectivity index (χ0v) is 13.6. The molecule has 3 nitrogen and oxygen atoms in total. The van der Waals surface area contributed by atoms with Crippen LogP contribution in [0.5, 0.6) is 0 Å². The topological polar surface area (TPSA) is 41.1 Å². The number of benzene rings is 1. The Morgan fingerprint density at radius 3 is 2.50 bits per heavy atom. The first-order valence-electron chi connectivity index (χ1n) is 6.72. The molecule has 0 radical (unpaired) electrons. The molecule has 1 saturated heterocycles. The van der Waals surface area contributed by atoms with E-state index in [1.54, 1.807) is 0 Å². The van der Waals surface area contributed by atoms with Gasteiger partial charge in [0.15, 0.2) is 0 Å². The highest BCUT2D eigenvalue weighted by atomic mass is 35.5. The Morgan fingerprint density at radius 1 is 1.32 bits per heavy atom. The summed E-state index contributed by atoms with van der Waals surface area (Å²) in [5.74, 6) is 0.0973. The van der Waals surface area contributed by atoms with Crippen LogP contribution in [0.1, 0.15) is 23.7 Å². The Labute approximate surface area is 137 Å². The van der Waals surface area contributed by atoms with Gasteiger partial charge in [0.2, 0.25) is 0 Å². The van der Waals surface area contributed by atoms with Crippen LogP contribution >= 0.6 is 24.2 Å². The summed E-state index contributed by atoms with van der Waals surface area (Å²) in [5.41, 5.74) is -3.93. The molecule has 1 aliphatic heterocycles. The molecular formula is C14H18ClF3N2OS. The van der Waals surface area contributed by atoms with Crippen molar-refractivity contribution >= 4 is 30.1 Å². The Bertz CT molecular complexity index is 496. The van der Waals surface area contributed by atoms with Crippen LogP contribution in [0.4, 0.5) is 13.2 Å². The minimum Gasteiger partial charge on any atom is -0.349 e. The number of nitrogens with one attached hydrogen (secondary N) is 2. The number of hydrogen-bond acceptors (Lipinski definition) is 3. The molecule has 1 amide bonds. The summed E-state index contributed by atoms with van der Waals surface area (Å²) in [6, 6.07) is 5.59. The summed E-state index contributed by atoms with van der Waals surface area (Å²) < 4.78 is 36.7. The normalized spacial score (nSPS) is 21.8. The maximum absolute atomic E-state index is 12.2. The van der Waals surface area contributed by atoms with Crippen molar-refractivity contribution in [3.8, 4) is 0 Å². The third kappa shape index (κ3) is 5.70. The van der Waals surface area contributed by atoms with E-state index in [9.17, 15) is 18.0 Å². The van der Waals surface area contributed by atoms with Crippen LogP contribution in [0.2, 0.25) is 0 Å². The first-order valence-corrected chi connectivity index (χ1v) is 7.54. The number of alkyl halides is 3. The molecule has 2 unspecified atom stereocenters. The number of hydrogen-bond donors (Lipinski definition) is 2. The fraction of sp³-hybridized carbons (Fsp3) is 0.500. The second kappa shape index (κ2) is 8.08. The standard InChI is InChI=1S/C14H17F3N2OS.ClH/c1-9-8-18-7-6-12(9)19-13(20)10-2-4-11(5-3-10)21-14(15,16)17;/h2-5,9,12,18H,6-8H2,1H3,(H,19,20);1H. The lowest BCUT2D eigenvalue weighted by molar-refractivity contribution is -0.0328. The molecule has 22 heavy (non-hydrogen) atoms. The maximum Gasteiger partial charge on any atom is 0.446 e. The second-order valence-corrected chi connectivity index (χ2v) is 6.26. The minimum absolute atomic E-state index is 0. The highest BCUT2D eigenvalue weighted by Crippen LogP contribution is 2.36. The minimum atomic E-state index is -4.31. The van der Waals surface area contributed by atoms with E-state index in [4.69, 9.17) is 0 Å². The Hall–Kier alpha value is -0.920. The van der Waals surface area contributed by atoms with Crippen LogP contribution in [-0.4, -0.2) is 30.5 Å². The zero-order valence-electron chi connectivity index (χ0n) is 11.9. The van der Waals surface area contributed by atoms with Crippen LogP contribution in [0.25, 0.3) is 0 Å². The van der Waals surface area contributed by atoms with Gasteiger partial charge >= 0.3 is 5.51 Å². The molecule has 2 rings (SSSR count). The highest BCUT2D eigenvalue weighted by molar-refractivity contribution is 8.00. The van der Waals surface area contributed by atoms with Crippen molar-refractivity contribution in [3.63, 3.8) is 0 Å². The maximum atomic E-state index is 12.2. The van der Waals surface area contributed by atoms with E-state index in [1.807, 2.05) is 0 Å². The van der Waals surface area contributed by atoms with Gasteiger partial charge in [-0.2, -0.15) is 13.2 Å².